The summed E-state index contributed by atoms with van der Waals surface area (Å²) in [5.74, 6) is -0.746. The highest BCUT2D eigenvalue weighted by molar-refractivity contribution is 7.92. The summed E-state index contributed by atoms with van der Waals surface area (Å²) in [5, 5.41) is 8.70. The first-order valence-electron chi connectivity index (χ1n) is 7.52. The van der Waals surface area contributed by atoms with Crippen molar-refractivity contribution in [1.29, 1.82) is 5.26 Å². The fourth-order valence-electron chi connectivity index (χ4n) is 2.09. The molecule has 2 rings (SSSR count). The smallest absolute Gasteiger partial charge is 0.339 e. The minimum Gasteiger partial charge on any atom is -0.444 e. The van der Waals surface area contributed by atoms with E-state index < -0.39 is 22.1 Å². The van der Waals surface area contributed by atoms with Crippen LogP contribution in [0, 0.1) is 18.3 Å². The minimum atomic E-state index is -3.83. The number of nitriles is 1. The summed E-state index contributed by atoms with van der Waals surface area (Å²) >= 11 is 0. The number of rotatable bonds is 5. The molecule has 0 heterocycles. The molecule has 0 saturated carbocycles. The number of benzene rings is 2. The van der Waals surface area contributed by atoms with E-state index >= 15 is 0 Å². The van der Waals surface area contributed by atoms with E-state index in [-0.39, 0.29) is 10.5 Å². The van der Waals surface area contributed by atoms with E-state index in [9.17, 15) is 13.2 Å². The first-order valence-corrected chi connectivity index (χ1v) is 8.96. The molecule has 0 amide bonds. The number of anilines is 1. The lowest BCUT2D eigenvalue weighted by Crippen LogP contribution is -2.26. The lowest BCUT2D eigenvalue weighted by atomic mass is 10.2. The standard InChI is InChI=1S/C18H18N2O4S/c1-13-7-9-16(10-8-13)20(3)25(22,23)17-6-4-5-15(11-17)18(21)24-14(2)12-19/h4-11,14H,1-3H3/t14-/m1/s1. The molecule has 0 N–H and O–H groups in total. The third kappa shape index (κ3) is 4.17. The van der Waals surface area contributed by atoms with Crippen LogP contribution in [0.1, 0.15) is 22.8 Å². The summed E-state index contributed by atoms with van der Waals surface area (Å²) in [6.45, 7) is 3.35. The van der Waals surface area contributed by atoms with Crippen LogP contribution in [0.4, 0.5) is 5.69 Å². The maximum absolute atomic E-state index is 12.8. The largest absolute Gasteiger partial charge is 0.444 e. The maximum Gasteiger partial charge on any atom is 0.339 e. The Labute approximate surface area is 147 Å². The Morgan fingerprint density at radius 3 is 2.44 bits per heavy atom. The number of nitrogens with zero attached hydrogens (tertiary/aromatic N) is 2. The third-order valence-corrected chi connectivity index (χ3v) is 5.37. The summed E-state index contributed by atoms with van der Waals surface area (Å²) in [6, 6.07) is 14.4. The fourth-order valence-corrected chi connectivity index (χ4v) is 3.33. The topological polar surface area (TPSA) is 87.5 Å². The van der Waals surface area contributed by atoms with Crippen molar-refractivity contribution in [3.05, 3.63) is 59.7 Å². The molecule has 2 aromatic rings. The van der Waals surface area contributed by atoms with Gasteiger partial charge in [-0.25, -0.2) is 13.2 Å². The van der Waals surface area contributed by atoms with Crippen LogP contribution in [0.15, 0.2) is 53.4 Å². The highest BCUT2D eigenvalue weighted by Gasteiger charge is 2.23. The van der Waals surface area contributed by atoms with E-state index in [1.54, 1.807) is 18.2 Å². The lowest BCUT2D eigenvalue weighted by Gasteiger charge is -2.20. The summed E-state index contributed by atoms with van der Waals surface area (Å²) in [4.78, 5) is 12.0. The highest BCUT2D eigenvalue weighted by atomic mass is 32.2. The van der Waals surface area contributed by atoms with E-state index in [4.69, 9.17) is 10.00 Å². The minimum absolute atomic E-state index is 0.0327. The molecular weight excluding hydrogens is 340 g/mol. The van der Waals surface area contributed by atoms with Crippen molar-refractivity contribution in [2.24, 2.45) is 0 Å². The molecule has 0 aliphatic carbocycles. The predicted octanol–water partition coefficient (Wildman–Crippen LogP) is 2.89. The third-order valence-electron chi connectivity index (χ3n) is 3.59. The molecule has 1 atom stereocenters. The van der Waals surface area contributed by atoms with Gasteiger partial charge in [0.25, 0.3) is 10.0 Å². The van der Waals surface area contributed by atoms with E-state index in [0.717, 1.165) is 9.87 Å². The van der Waals surface area contributed by atoms with E-state index in [0.29, 0.717) is 5.69 Å². The average molecular weight is 358 g/mol. The zero-order valence-electron chi connectivity index (χ0n) is 14.1. The number of carbonyl (C=O) groups is 1. The Morgan fingerprint density at radius 2 is 1.84 bits per heavy atom. The van der Waals surface area contributed by atoms with Crippen LogP contribution >= 0.6 is 0 Å². The van der Waals surface area contributed by atoms with Gasteiger partial charge in [0, 0.05) is 7.05 Å². The van der Waals surface area contributed by atoms with Crippen LogP contribution in [-0.4, -0.2) is 27.5 Å². The van der Waals surface area contributed by atoms with Crippen molar-refractivity contribution < 1.29 is 17.9 Å². The van der Waals surface area contributed by atoms with Gasteiger partial charge in [-0.2, -0.15) is 5.26 Å². The second-order valence-electron chi connectivity index (χ2n) is 5.51. The van der Waals surface area contributed by atoms with Gasteiger partial charge in [-0.15, -0.1) is 0 Å². The van der Waals surface area contributed by atoms with Gasteiger partial charge in [0.1, 0.15) is 6.07 Å². The second-order valence-corrected chi connectivity index (χ2v) is 7.48. The number of hydrogen-bond acceptors (Lipinski definition) is 5. The molecule has 0 unspecified atom stereocenters. The quantitative estimate of drug-likeness (QED) is 0.767. The molecule has 0 fully saturated rings. The molecule has 0 aliphatic rings. The van der Waals surface area contributed by atoms with Crippen molar-refractivity contribution in [2.45, 2.75) is 24.8 Å². The normalized spacial score (nSPS) is 12.1. The molecule has 0 saturated heterocycles. The van der Waals surface area contributed by atoms with Crippen LogP contribution in [0.5, 0.6) is 0 Å². The summed E-state index contributed by atoms with van der Waals surface area (Å²) in [5.41, 5.74) is 1.60. The van der Waals surface area contributed by atoms with E-state index in [1.807, 2.05) is 19.1 Å². The van der Waals surface area contributed by atoms with Crippen LogP contribution in [0.3, 0.4) is 0 Å². The molecule has 130 valence electrons. The molecule has 25 heavy (non-hydrogen) atoms. The summed E-state index contributed by atoms with van der Waals surface area (Å²) in [7, 11) is -2.39. The molecule has 0 aromatic heterocycles. The van der Waals surface area contributed by atoms with Gasteiger partial charge < -0.3 is 4.74 Å². The zero-order valence-corrected chi connectivity index (χ0v) is 14.9. The molecule has 2 aromatic carbocycles. The predicted molar refractivity (Wildman–Crippen MR) is 93.7 cm³/mol. The van der Waals surface area contributed by atoms with E-state index in [2.05, 4.69) is 0 Å². The van der Waals surface area contributed by atoms with Crippen molar-refractivity contribution in [3.63, 3.8) is 0 Å². The van der Waals surface area contributed by atoms with Crippen LogP contribution in [0.25, 0.3) is 0 Å². The summed E-state index contributed by atoms with van der Waals surface area (Å²) < 4.78 is 31.6. The first kappa shape index (κ1) is 18.5. The fraction of sp³-hybridized carbons (Fsp3) is 0.222. The maximum atomic E-state index is 12.8. The lowest BCUT2D eigenvalue weighted by molar-refractivity contribution is 0.0435. The Bertz CT molecular complexity index is 915. The Hall–Kier alpha value is -2.85. The van der Waals surface area contributed by atoms with Gasteiger partial charge in [-0.3, -0.25) is 4.31 Å². The molecule has 0 bridgehead atoms. The second kappa shape index (κ2) is 7.36. The van der Waals surface area contributed by atoms with Gasteiger partial charge in [0.15, 0.2) is 6.10 Å². The van der Waals surface area contributed by atoms with Crippen LogP contribution in [0.2, 0.25) is 0 Å². The first-order chi connectivity index (χ1) is 11.8. The Kier molecular flexibility index (Phi) is 5.45. The van der Waals surface area contributed by atoms with Gasteiger partial charge in [0.2, 0.25) is 0 Å². The number of sulfonamides is 1. The van der Waals surface area contributed by atoms with Crippen LogP contribution in [-0.2, 0) is 14.8 Å². The molecular formula is C18H18N2O4S. The number of aryl methyl sites for hydroxylation is 1. The number of carbonyl (C=O) groups excluding carboxylic acids is 1. The average Bonchev–Trinajstić information content (AvgIpc) is 2.61. The molecule has 7 heteroatoms. The van der Waals surface area contributed by atoms with Crippen molar-refractivity contribution >= 4 is 21.7 Å². The Balaban J connectivity index is 2.34. The SMILES string of the molecule is Cc1ccc(N(C)S(=O)(=O)c2cccc(C(=O)O[C@H](C)C#N)c2)cc1. The molecule has 6 nitrogen and oxygen atoms in total. The van der Waals surface area contributed by atoms with Gasteiger partial charge in [-0.1, -0.05) is 23.8 Å². The van der Waals surface area contributed by atoms with Gasteiger partial charge in [-0.05, 0) is 44.2 Å². The van der Waals surface area contributed by atoms with E-state index in [1.165, 1.54) is 38.2 Å². The number of ether oxygens (including phenoxy) is 1. The number of hydrogen-bond donors (Lipinski definition) is 0. The molecule has 0 radical (unpaired) electrons. The summed E-state index contributed by atoms with van der Waals surface area (Å²) in [6.07, 6.45) is -0.914. The van der Waals surface area contributed by atoms with Crippen molar-refractivity contribution in [2.75, 3.05) is 11.4 Å². The van der Waals surface area contributed by atoms with Crippen molar-refractivity contribution in [3.8, 4) is 6.07 Å². The number of esters is 1. The van der Waals surface area contributed by atoms with Gasteiger partial charge in [0.05, 0.1) is 16.1 Å². The Morgan fingerprint density at radius 1 is 1.20 bits per heavy atom. The molecule has 0 aliphatic heterocycles. The van der Waals surface area contributed by atoms with Crippen LogP contribution < -0.4 is 4.31 Å². The molecule has 0 spiro atoms. The van der Waals surface area contributed by atoms with Gasteiger partial charge >= 0.3 is 5.97 Å². The highest BCUT2D eigenvalue weighted by Crippen LogP contribution is 2.23. The monoisotopic (exact) mass is 358 g/mol. The zero-order chi connectivity index (χ0) is 18.6. The van der Waals surface area contributed by atoms with Crippen molar-refractivity contribution in [1.82, 2.24) is 0 Å².